The highest BCUT2D eigenvalue weighted by atomic mass is 16.2. The Kier molecular flexibility index (Phi) is 4.87. The summed E-state index contributed by atoms with van der Waals surface area (Å²) >= 11 is 0. The fourth-order valence-corrected chi connectivity index (χ4v) is 5.23. The molecule has 154 valence electrons. The van der Waals surface area contributed by atoms with Gasteiger partial charge in [0.2, 0.25) is 0 Å². The lowest BCUT2D eigenvalue weighted by atomic mass is 9.82. The predicted molar refractivity (Wildman–Crippen MR) is 111 cm³/mol. The van der Waals surface area contributed by atoms with Crippen LogP contribution in [-0.2, 0) is 13.1 Å². The normalized spacial score (nSPS) is 23.1. The van der Waals surface area contributed by atoms with E-state index in [1.807, 2.05) is 21.6 Å². The molecule has 7 nitrogen and oxygen atoms in total. The summed E-state index contributed by atoms with van der Waals surface area (Å²) in [6.45, 7) is 4.83. The quantitative estimate of drug-likeness (QED) is 0.783. The molecule has 2 atom stereocenters. The van der Waals surface area contributed by atoms with Crippen LogP contribution in [-0.4, -0.2) is 51.4 Å². The molecule has 7 heteroatoms. The topological polar surface area (TPSA) is 82.2 Å². The molecule has 3 aliphatic heterocycles. The summed E-state index contributed by atoms with van der Waals surface area (Å²) in [5, 5.41) is 8.90. The zero-order valence-corrected chi connectivity index (χ0v) is 17.0. The number of amides is 1. The van der Waals surface area contributed by atoms with Gasteiger partial charge in [0, 0.05) is 49.6 Å². The molecule has 0 aliphatic carbocycles. The number of nitrogens with zero attached hydrogens (tertiary/aromatic N) is 5. The molecule has 2 aromatic rings. The third kappa shape index (κ3) is 3.41. The van der Waals surface area contributed by atoms with Crippen molar-refractivity contribution >= 4 is 5.91 Å². The van der Waals surface area contributed by atoms with Crippen molar-refractivity contribution in [2.45, 2.75) is 38.3 Å². The van der Waals surface area contributed by atoms with Crippen LogP contribution in [0.15, 0.2) is 35.3 Å². The molecule has 1 amide bonds. The van der Waals surface area contributed by atoms with Crippen molar-refractivity contribution in [1.29, 1.82) is 5.26 Å². The minimum Gasteiger partial charge on any atom is -0.338 e. The molecule has 5 heterocycles. The maximum absolute atomic E-state index is 13.2. The van der Waals surface area contributed by atoms with Gasteiger partial charge in [0.15, 0.2) is 0 Å². The van der Waals surface area contributed by atoms with Gasteiger partial charge in [-0.05, 0) is 56.5 Å². The Morgan fingerprint density at radius 3 is 2.70 bits per heavy atom. The Bertz CT molecular complexity index is 1060. The maximum atomic E-state index is 13.2. The van der Waals surface area contributed by atoms with Crippen LogP contribution >= 0.6 is 0 Å². The number of aromatic nitrogens is 2. The molecule has 0 radical (unpaired) electrons. The number of piperidine rings is 1. The summed E-state index contributed by atoms with van der Waals surface area (Å²) in [5.74, 6) is 0.413. The summed E-state index contributed by atoms with van der Waals surface area (Å²) < 4.78 is 1.97. The molecule has 2 aromatic heterocycles. The van der Waals surface area contributed by atoms with E-state index in [1.54, 1.807) is 12.1 Å². The first-order valence-corrected chi connectivity index (χ1v) is 10.7. The number of carbonyl (C=O) groups is 1. The first kappa shape index (κ1) is 19.0. The van der Waals surface area contributed by atoms with E-state index in [0.29, 0.717) is 30.9 Å². The minimum atomic E-state index is -0.0526. The molecule has 3 aliphatic rings. The number of hydrogen-bond donors (Lipinski definition) is 0. The molecule has 5 rings (SSSR count). The first-order chi connectivity index (χ1) is 14.6. The minimum absolute atomic E-state index is 0.0526. The fourth-order valence-electron chi connectivity index (χ4n) is 5.23. The number of rotatable bonds is 3. The van der Waals surface area contributed by atoms with Crippen LogP contribution in [0.5, 0.6) is 0 Å². The van der Waals surface area contributed by atoms with Gasteiger partial charge in [-0.1, -0.05) is 6.07 Å². The summed E-state index contributed by atoms with van der Waals surface area (Å²) in [6, 6.07) is 9.32. The Labute approximate surface area is 175 Å². The van der Waals surface area contributed by atoms with E-state index in [1.165, 1.54) is 19.0 Å². The lowest BCUT2D eigenvalue weighted by Crippen LogP contribution is -2.49. The van der Waals surface area contributed by atoms with E-state index in [0.717, 1.165) is 37.3 Å². The Morgan fingerprint density at radius 2 is 1.97 bits per heavy atom. The molecule has 0 N–H and O–H groups in total. The zero-order valence-electron chi connectivity index (χ0n) is 17.0. The number of nitriles is 1. The van der Waals surface area contributed by atoms with Crippen molar-refractivity contribution in [3.63, 3.8) is 0 Å². The van der Waals surface area contributed by atoms with Crippen molar-refractivity contribution in [2.75, 3.05) is 26.2 Å². The summed E-state index contributed by atoms with van der Waals surface area (Å²) in [5.41, 5.74) is 2.90. The Balaban J connectivity index is 1.36. The van der Waals surface area contributed by atoms with Gasteiger partial charge >= 0.3 is 0 Å². The summed E-state index contributed by atoms with van der Waals surface area (Å²) in [6.07, 6.45) is 4.93. The van der Waals surface area contributed by atoms with Gasteiger partial charge in [0.1, 0.15) is 11.8 Å². The number of pyridine rings is 2. The standard InChI is InChI=1S/C23H25N5O2/c24-10-20-5-3-17(11-25-20)22(29)27-12-16-9-19(15-27)21-6-4-18(23(30)28(21)13-16)14-26-7-1-2-8-26/h3-6,11,16,19H,1-2,7-9,12-15H2/t16-,19+/m0/s1. The lowest BCUT2D eigenvalue weighted by molar-refractivity contribution is 0.0593. The van der Waals surface area contributed by atoms with E-state index in [-0.39, 0.29) is 23.3 Å². The van der Waals surface area contributed by atoms with Crippen LogP contribution in [0.3, 0.4) is 0 Å². The van der Waals surface area contributed by atoms with Crippen molar-refractivity contribution in [2.24, 2.45) is 5.92 Å². The van der Waals surface area contributed by atoms with Crippen LogP contribution in [0.25, 0.3) is 0 Å². The average molecular weight is 403 g/mol. The summed E-state index contributed by atoms with van der Waals surface area (Å²) in [7, 11) is 0. The smallest absolute Gasteiger partial charge is 0.255 e. The maximum Gasteiger partial charge on any atom is 0.255 e. The molecular weight excluding hydrogens is 378 g/mol. The van der Waals surface area contributed by atoms with Crippen LogP contribution in [0.1, 0.15) is 52.5 Å². The average Bonchev–Trinajstić information content (AvgIpc) is 3.29. The number of carbonyl (C=O) groups excluding carboxylic acids is 1. The van der Waals surface area contributed by atoms with E-state index < -0.39 is 0 Å². The van der Waals surface area contributed by atoms with Crippen LogP contribution in [0.2, 0.25) is 0 Å². The fraction of sp³-hybridized carbons (Fsp3) is 0.478. The monoisotopic (exact) mass is 403 g/mol. The first-order valence-electron chi connectivity index (χ1n) is 10.7. The second-order valence-corrected chi connectivity index (χ2v) is 8.74. The van der Waals surface area contributed by atoms with E-state index in [9.17, 15) is 9.59 Å². The highest BCUT2D eigenvalue weighted by Crippen LogP contribution is 2.35. The third-order valence-electron chi connectivity index (χ3n) is 6.69. The second-order valence-electron chi connectivity index (χ2n) is 8.74. The second kappa shape index (κ2) is 7.69. The lowest BCUT2D eigenvalue weighted by Gasteiger charge is -2.43. The zero-order chi connectivity index (χ0) is 20.7. The summed E-state index contributed by atoms with van der Waals surface area (Å²) in [4.78, 5) is 34.4. The van der Waals surface area contributed by atoms with Crippen LogP contribution in [0.4, 0.5) is 0 Å². The molecule has 2 saturated heterocycles. The van der Waals surface area contributed by atoms with Gasteiger partial charge in [-0.15, -0.1) is 0 Å². The Morgan fingerprint density at radius 1 is 1.13 bits per heavy atom. The van der Waals surface area contributed by atoms with Gasteiger partial charge < -0.3 is 9.47 Å². The molecular formula is C23H25N5O2. The number of likely N-dealkylation sites (tertiary alicyclic amines) is 2. The van der Waals surface area contributed by atoms with Gasteiger partial charge in [0.25, 0.3) is 11.5 Å². The third-order valence-corrected chi connectivity index (χ3v) is 6.69. The van der Waals surface area contributed by atoms with Crippen molar-refractivity contribution in [1.82, 2.24) is 19.4 Å². The number of hydrogen-bond acceptors (Lipinski definition) is 5. The molecule has 2 bridgehead atoms. The van der Waals surface area contributed by atoms with E-state index in [4.69, 9.17) is 5.26 Å². The van der Waals surface area contributed by atoms with Gasteiger partial charge in [-0.2, -0.15) is 5.26 Å². The number of fused-ring (bicyclic) bond motifs is 4. The molecule has 0 saturated carbocycles. The predicted octanol–water partition coefficient (Wildman–Crippen LogP) is 1.97. The van der Waals surface area contributed by atoms with E-state index in [2.05, 4.69) is 16.0 Å². The van der Waals surface area contributed by atoms with E-state index >= 15 is 0 Å². The van der Waals surface area contributed by atoms with Gasteiger partial charge in [0.05, 0.1) is 5.56 Å². The van der Waals surface area contributed by atoms with Crippen molar-refractivity contribution in [3.8, 4) is 6.07 Å². The van der Waals surface area contributed by atoms with Crippen LogP contribution in [0, 0.1) is 17.2 Å². The highest BCUT2D eigenvalue weighted by molar-refractivity contribution is 5.94. The van der Waals surface area contributed by atoms with Gasteiger partial charge in [-0.25, -0.2) is 4.98 Å². The molecule has 30 heavy (non-hydrogen) atoms. The van der Waals surface area contributed by atoms with Crippen molar-refractivity contribution in [3.05, 3.63) is 63.3 Å². The Hall–Kier alpha value is -2.98. The SMILES string of the molecule is N#Cc1ccc(C(=O)N2C[C@@H]3C[C@H](C2)c2ccc(CN4CCCC4)c(=O)n2C3)cn1. The highest BCUT2D eigenvalue weighted by Gasteiger charge is 2.37. The van der Waals surface area contributed by atoms with Crippen LogP contribution < -0.4 is 5.56 Å². The molecule has 0 aromatic carbocycles. The molecule has 0 unspecified atom stereocenters. The van der Waals surface area contributed by atoms with Crippen molar-refractivity contribution < 1.29 is 4.79 Å². The van der Waals surface area contributed by atoms with Gasteiger partial charge in [-0.3, -0.25) is 14.5 Å². The molecule has 0 spiro atoms. The largest absolute Gasteiger partial charge is 0.338 e. The molecule has 2 fully saturated rings.